The molecule has 0 saturated carbocycles. The molecule has 0 aliphatic carbocycles. The van der Waals surface area contributed by atoms with Crippen molar-refractivity contribution in [1.82, 2.24) is 0 Å². The molecule has 25 heavy (non-hydrogen) atoms. The third-order valence-electron chi connectivity index (χ3n) is 3.77. The van der Waals surface area contributed by atoms with Gasteiger partial charge < -0.3 is 0 Å². The number of hydrogen-bond acceptors (Lipinski definition) is 1. The molecule has 0 spiro atoms. The maximum absolute atomic E-state index is 2.38. The van der Waals surface area contributed by atoms with Crippen LogP contribution in [0.2, 0.25) is 0 Å². The lowest BCUT2D eigenvalue weighted by atomic mass is 10.0. The first kappa shape index (κ1) is 23.8. The minimum Gasteiger partial charge on any atom is -0.122 e. The van der Waals surface area contributed by atoms with Crippen LogP contribution in [0.3, 0.4) is 0 Å². The van der Waals surface area contributed by atoms with Gasteiger partial charge in [0.05, 0.1) is 0 Å². The van der Waals surface area contributed by atoms with E-state index in [1.54, 1.807) is 0 Å². The van der Waals surface area contributed by atoms with E-state index in [-0.39, 0.29) is 0 Å². The Morgan fingerprint density at radius 3 is 2.32 bits per heavy atom. The number of rotatable bonds is 10. The molecule has 0 fully saturated rings. The second kappa shape index (κ2) is 16.3. The molecular weight excluding hydrogens is 320 g/mol. The minimum atomic E-state index is 0.684. The molecule has 1 atom stereocenters. The highest BCUT2D eigenvalue weighted by atomic mass is 32.2. The third-order valence-corrected chi connectivity index (χ3v) is 4.71. The van der Waals surface area contributed by atoms with Gasteiger partial charge in [-0.25, -0.2) is 0 Å². The molecule has 0 aliphatic rings. The molecule has 0 nitrogen and oxygen atoms in total. The molecule has 0 aliphatic heterocycles. The fourth-order valence-electron chi connectivity index (χ4n) is 2.27. The van der Waals surface area contributed by atoms with Gasteiger partial charge in [-0.05, 0) is 64.5 Å². The van der Waals surface area contributed by atoms with Crippen LogP contribution in [0.25, 0.3) is 0 Å². The Labute approximate surface area is 161 Å². The fraction of sp³-hybridized carbons (Fsp3) is 0.500. The largest absolute Gasteiger partial charge is 0.122 e. The van der Waals surface area contributed by atoms with Gasteiger partial charge in [0.1, 0.15) is 0 Å². The molecule has 1 heteroatoms. The summed E-state index contributed by atoms with van der Waals surface area (Å²) in [5, 5.41) is 0. The van der Waals surface area contributed by atoms with E-state index >= 15 is 0 Å². The average molecular weight is 359 g/mol. The van der Waals surface area contributed by atoms with Gasteiger partial charge in [-0.15, -0.1) is 11.8 Å². The number of benzene rings is 1. The average Bonchev–Trinajstić information content (AvgIpc) is 2.61. The van der Waals surface area contributed by atoms with Crippen molar-refractivity contribution >= 4 is 11.8 Å². The van der Waals surface area contributed by atoms with Gasteiger partial charge in [-0.2, -0.15) is 0 Å². The topological polar surface area (TPSA) is 0 Å². The van der Waals surface area contributed by atoms with Crippen molar-refractivity contribution in [2.24, 2.45) is 5.92 Å². The van der Waals surface area contributed by atoms with E-state index < -0.39 is 0 Å². The van der Waals surface area contributed by atoms with Crippen molar-refractivity contribution in [3.8, 4) is 0 Å². The summed E-state index contributed by atoms with van der Waals surface area (Å²) >= 11 is 1.90. The molecule has 1 aromatic rings. The molecule has 1 aromatic carbocycles. The summed E-state index contributed by atoms with van der Waals surface area (Å²) in [6.07, 6.45) is 14.2. The van der Waals surface area contributed by atoms with Crippen LogP contribution in [-0.2, 0) is 0 Å². The fourth-order valence-corrected chi connectivity index (χ4v) is 3.18. The molecule has 1 unspecified atom stereocenters. The van der Waals surface area contributed by atoms with Crippen LogP contribution >= 0.6 is 11.8 Å². The van der Waals surface area contributed by atoms with Crippen LogP contribution in [0.1, 0.15) is 67.2 Å². The SMILES string of the molecule is CC.CC(C)=CCCC(C)C=CCC/C(C)=C/CSc1ccccc1. The molecule has 140 valence electrons. The highest BCUT2D eigenvalue weighted by molar-refractivity contribution is 7.99. The maximum atomic E-state index is 2.38. The van der Waals surface area contributed by atoms with Gasteiger partial charge in [-0.1, -0.05) is 74.4 Å². The van der Waals surface area contributed by atoms with Crippen LogP contribution < -0.4 is 0 Å². The Balaban J connectivity index is 0.00000277. The first-order chi connectivity index (χ1) is 12.1. The van der Waals surface area contributed by atoms with E-state index in [0.29, 0.717) is 5.92 Å². The lowest BCUT2D eigenvalue weighted by molar-refractivity contribution is 0.653. The zero-order chi connectivity index (χ0) is 18.9. The molecule has 0 radical (unpaired) electrons. The highest BCUT2D eigenvalue weighted by Crippen LogP contribution is 2.18. The van der Waals surface area contributed by atoms with Gasteiger partial charge in [0.15, 0.2) is 0 Å². The van der Waals surface area contributed by atoms with Gasteiger partial charge in [0.25, 0.3) is 0 Å². The molecular formula is C24H38S. The van der Waals surface area contributed by atoms with Crippen LogP contribution in [0, 0.1) is 5.92 Å². The van der Waals surface area contributed by atoms with Crippen molar-refractivity contribution in [3.05, 3.63) is 65.8 Å². The monoisotopic (exact) mass is 358 g/mol. The summed E-state index contributed by atoms with van der Waals surface area (Å²) in [6.45, 7) is 12.9. The molecule has 0 heterocycles. The molecule has 0 bridgehead atoms. The van der Waals surface area contributed by atoms with Crippen molar-refractivity contribution < 1.29 is 0 Å². The highest BCUT2D eigenvalue weighted by Gasteiger charge is 1.96. The number of hydrogen-bond donors (Lipinski definition) is 0. The van der Waals surface area contributed by atoms with Crippen LogP contribution in [0.15, 0.2) is 70.7 Å². The van der Waals surface area contributed by atoms with E-state index in [0.717, 1.165) is 12.2 Å². The first-order valence-corrected chi connectivity index (χ1v) is 10.7. The molecule has 0 amide bonds. The second-order valence-corrected chi connectivity index (χ2v) is 7.57. The zero-order valence-electron chi connectivity index (χ0n) is 17.2. The van der Waals surface area contributed by atoms with E-state index in [1.807, 2.05) is 25.6 Å². The van der Waals surface area contributed by atoms with Crippen LogP contribution in [-0.4, -0.2) is 5.75 Å². The third kappa shape index (κ3) is 14.8. The van der Waals surface area contributed by atoms with Gasteiger partial charge in [-0.3, -0.25) is 0 Å². The van der Waals surface area contributed by atoms with Gasteiger partial charge in [0.2, 0.25) is 0 Å². The van der Waals surface area contributed by atoms with Crippen molar-refractivity contribution in [2.45, 2.75) is 72.1 Å². The van der Waals surface area contributed by atoms with E-state index in [4.69, 9.17) is 0 Å². The first-order valence-electron chi connectivity index (χ1n) is 9.71. The predicted molar refractivity (Wildman–Crippen MR) is 118 cm³/mol. The Hall–Kier alpha value is -1.21. The summed E-state index contributed by atoms with van der Waals surface area (Å²) in [5.41, 5.74) is 2.92. The summed E-state index contributed by atoms with van der Waals surface area (Å²) < 4.78 is 0. The Bertz CT molecular complexity index is 504. The summed E-state index contributed by atoms with van der Waals surface area (Å²) in [5.74, 6) is 1.75. The quantitative estimate of drug-likeness (QED) is 0.298. The van der Waals surface area contributed by atoms with Crippen LogP contribution in [0.5, 0.6) is 0 Å². The molecule has 0 aromatic heterocycles. The smallest absolute Gasteiger partial charge is 0.0163 e. The Morgan fingerprint density at radius 2 is 1.68 bits per heavy atom. The van der Waals surface area contributed by atoms with E-state index in [2.05, 4.69) is 82.3 Å². The summed E-state index contributed by atoms with van der Waals surface area (Å²) in [4.78, 5) is 1.35. The molecule has 0 saturated heterocycles. The van der Waals surface area contributed by atoms with Crippen molar-refractivity contribution in [3.63, 3.8) is 0 Å². The van der Waals surface area contributed by atoms with Crippen LogP contribution in [0.4, 0.5) is 0 Å². The van der Waals surface area contributed by atoms with Gasteiger partial charge in [0, 0.05) is 10.6 Å². The Morgan fingerprint density at radius 1 is 1.00 bits per heavy atom. The maximum Gasteiger partial charge on any atom is 0.0163 e. The van der Waals surface area contributed by atoms with Crippen molar-refractivity contribution in [2.75, 3.05) is 5.75 Å². The lowest BCUT2D eigenvalue weighted by Crippen LogP contribution is -1.88. The normalized spacial score (nSPS) is 12.5. The Kier molecular flexibility index (Phi) is 15.5. The lowest BCUT2D eigenvalue weighted by Gasteiger charge is -2.04. The predicted octanol–water partition coefficient (Wildman–Crippen LogP) is 8.47. The molecule has 1 rings (SSSR count). The second-order valence-electron chi connectivity index (χ2n) is 6.48. The molecule has 0 N–H and O–H groups in total. The standard InChI is InChI=1S/C22H32S.C2H6/c1-19(2)11-10-14-20(3)12-8-9-13-21(4)17-18-23-22-15-6-5-7-16-22;1-2/h5-8,11-12,15-17,20H,9-10,13-14,18H2,1-4H3;1-2H3/b12-8?,21-17+;. The van der Waals surface area contributed by atoms with Gasteiger partial charge >= 0.3 is 0 Å². The summed E-state index contributed by atoms with van der Waals surface area (Å²) in [6, 6.07) is 10.6. The number of thioether (sulfide) groups is 1. The van der Waals surface area contributed by atoms with E-state index in [9.17, 15) is 0 Å². The zero-order valence-corrected chi connectivity index (χ0v) is 18.0. The summed E-state index contributed by atoms with van der Waals surface area (Å²) in [7, 11) is 0. The van der Waals surface area contributed by atoms with Crippen molar-refractivity contribution in [1.29, 1.82) is 0 Å². The van der Waals surface area contributed by atoms with E-state index in [1.165, 1.54) is 35.3 Å². The number of allylic oxidation sites excluding steroid dienone is 5. The minimum absolute atomic E-state index is 0.684.